The zero-order valence-corrected chi connectivity index (χ0v) is 14.3. The molecule has 0 saturated carbocycles. The van der Waals surface area contributed by atoms with Crippen molar-refractivity contribution in [2.75, 3.05) is 12.3 Å². The highest BCUT2D eigenvalue weighted by Gasteiger charge is 2.15. The van der Waals surface area contributed by atoms with E-state index in [2.05, 4.69) is 52.1 Å². The number of rotatable bonds is 7. The van der Waals surface area contributed by atoms with Gasteiger partial charge in [0, 0.05) is 16.7 Å². The van der Waals surface area contributed by atoms with Gasteiger partial charge < -0.3 is 5.32 Å². The zero-order chi connectivity index (χ0) is 15.2. The van der Waals surface area contributed by atoms with Crippen molar-refractivity contribution in [3.8, 4) is 0 Å². The Morgan fingerprint density at radius 3 is 2.20 bits per heavy atom. The van der Waals surface area contributed by atoms with Crippen molar-refractivity contribution in [2.45, 2.75) is 63.8 Å². The lowest BCUT2D eigenvalue weighted by Crippen LogP contribution is -2.34. The van der Waals surface area contributed by atoms with Crippen LogP contribution in [0.15, 0.2) is 29.2 Å². The van der Waals surface area contributed by atoms with Crippen molar-refractivity contribution in [1.29, 1.82) is 0 Å². The van der Waals surface area contributed by atoms with Crippen LogP contribution in [0.4, 0.5) is 0 Å². The van der Waals surface area contributed by atoms with Gasteiger partial charge in [0.1, 0.15) is 0 Å². The third-order valence-corrected chi connectivity index (χ3v) is 5.01. The minimum atomic E-state index is -0.914. The van der Waals surface area contributed by atoms with Crippen LogP contribution in [0.1, 0.15) is 53.0 Å². The topological polar surface area (TPSA) is 29.1 Å². The molecule has 0 bridgehead atoms. The lowest BCUT2D eigenvalue weighted by Gasteiger charge is -2.19. The lowest BCUT2D eigenvalue weighted by atomic mass is 9.87. The van der Waals surface area contributed by atoms with Gasteiger partial charge in [-0.15, -0.1) is 0 Å². The Morgan fingerprint density at radius 1 is 1.15 bits per heavy atom. The van der Waals surface area contributed by atoms with Crippen LogP contribution in [-0.2, 0) is 16.2 Å². The molecule has 0 heterocycles. The monoisotopic (exact) mass is 295 g/mol. The summed E-state index contributed by atoms with van der Waals surface area (Å²) in [6, 6.07) is 8.59. The molecule has 0 radical (unpaired) electrons. The van der Waals surface area contributed by atoms with Gasteiger partial charge in [0.15, 0.2) is 0 Å². The molecule has 2 atom stereocenters. The molecule has 0 amide bonds. The second-order valence-electron chi connectivity index (χ2n) is 6.35. The summed E-state index contributed by atoms with van der Waals surface area (Å²) >= 11 is 0. The molecule has 1 aromatic rings. The van der Waals surface area contributed by atoms with Crippen LogP contribution in [0.3, 0.4) is 0 Å². The van der Waals surface area contributed by atoms with Gasteiger partial charge in [0.25, 0.3) is 0 Å². The Balaban J connectivity index is 2.67. The quantitative estimate of drug-likeness (QED) is 0.827. The van der Waals surface area contributed by atoms with Gasteiger partial charge in [-0.3, -0.25) is 4.21 Å². The van der Waals surface area contributed by atoms with E-state index < -0.39 is 10.8 Å². The van der Waals surface area contributed by atoms with E-state index >= 15 is 0 Å². The molecular formula is C17H29NOS. The highest BCUT2D eigenvalue weighted by molar-refractivity contribution is 7.85. The molecule has 1 aromatic carbocycles. The average molecular weight is 295 g/mol. The summed E-state index contributed by atoms with van der Waals surface area (Å²) in [6.45, 7) is 11.9. The first-order valence-corrected chi connectivity index (χ1v) is 8.92. The van der Waals surface area contributed by atoms with Crippen molar-refractivity contribution < 1.29 is 4.21 Å². The maximum absolute atomic E-state index is 12.4. The normalized spacial score (nSPS) is 15.1. The minimum Gasteiger partial charge on any atom is -0.313 e. The molecule has 0 spiro atoms. The molecule has 20 heavy (non-hydrogen) atoms. The molecule has 0 saturated heterocycles. The second-order valence-corrected chi connectivity index (χ2v) is 7.84. The fourth-order valence-corrected chi connectivity index (χ4v) is 3.41. The summed E-state index contributed by atoms with van der Waals surface area (Å²) in [7, 11) is -0.914. The van der Waals surface area contributed by atoms with Crippen LogP contribution in [0.2, 0.25) is 0 Å². The van der Waals surface area contributed by atoms with Gasteiger partial charge in [-0.1, -0.05) is 46.8 Å². The number of nitrogens with one attached hydrogen (secondary N) is 1. The average Bonchev–Trinajstić information content (AvgIpc) is 2.42. The summed E-state index contributed by atoms with van der Waals surface area (Å²) in [6.07, 6.45) is 2.13. The maximum Gasteiger partial charge on any atom is 0.0545 e. The number of benzene rings is 1. The van der Waals surface area contributed by atoms with E-state index in [1.807, 2.05) is 12.1 Å². The van der Waals surface area contributed by atoms with Crippen LogP contribution in [0, 0.1) is 0 Å². The summed E-state index contributed by atoms with van der Waals surface area (Å²) in [5.41, 5.74) is 1.43. The van der Waals surface area contributed by atoms with Gasteiger partial charge in [-0.25, -0.2) is 0 Å². The minimum absolute atomic E-state index is 0.147. The summed E-state index contributed by atoms with van der Waals surface area (Å²) < 4.78 is 12.4. The highest BCUT2D eigenvalue weighted by Crippen LogP contribution is 2.23. The van der Waals surface area contributed by atoms with Crippen molar-refractivity contribution in [1.82, 2.24) is 5.32 Å². The molecule has 0 fully saturated rings. The molecule has 2 nitrogen and oxygen atoms in total. The van der Waals surface area contributed by atoms with E-state index in [1.54, 1.807) is 0 Å². The fraction of sp³-hybridized carbons (Fsp3) is 0.647. The first-order valence-electron chi connectivity index (χ1n) is 7.60. The van der Waals surface area contributed by atoms with Crippen molar-refractivity contribution >= 4 is 10.8 Å². The van der Waals surface area contributed by atoms with E-state index in [1.165, 1.54) is 5.56 Å². The highest BCUT2D eigenvalue weighted by atomic mass is 32.2. The Kier molecular flexibility index (Phi) is 6.90. The van der Waals surface area contributed by atoms with E-state index in [9.17, 15) is 4.21 Å². The molecule has 0 aliphatic carbocycles. The first-order chi connectivity index (χ1) is 9.38. The third-order valence-electron chi connectivity index (χ3n) is 3.51. The zero-order valence-electron chi connectivity index (χ0n) is 13.5. The Bertz CT molecular complexity index is 420. The Labute approximate surface area is 126 Å². The van der Waals surface area contributed by atoms with Gasteiger partial charge in [0.05, 0.1) is 10.8 Å². The third kappa shape index (κ3) is 5.37. The van der Waals surface area contributed by atoms with Crippen molar-refractivity contribution in [3.63, 3.8) is 0 Å². The van der Waals surface area contributed by atoms with E-state index in [4.69, 9.17) is 0 Å². The molecule has 0 aromatic heterocycles. The molecule has 1 rings (SSSR count). The van der Waals surface area contributed by atoms with Crippen LogP contribution in [0.5, 0.6) is 0 Å². The largest absolute Gasteiger partial charge is 0.313 e. The van der Waals surface area contributed by atoms with Crippen molar-refractivity contribution in [3.05, 3.63) is 29.8 Å². The van der Waals surface area contributed by atoms with Crippen LogP contribution in [0.25, 0.3) is 0 Å². The van der Waals surface area contributed by atoms with Crippen LogP contribution >= 0.6 is 0 Å². The summed E-state index contributed by atoms with van der Waals surface area (Å²) in [5.74, 6) is 0.700. The molecule has 3 heteroatoms. The predicted molar refractivity (Wildman–Crippen MR) is 88.8 cm³/mol. The van der Waals surface area contributed by atoms with Gasteiger partial charge in [-0.05, 0) is 42.5 Å². The second kappa shape index (κ2) is 7.94. The number of hydrogen-bond donors (Lipinski definition) is 1. The Morgan fingerprint density at radius 2 is 1.75 bits per heavy atom. The van der Waals surface area contributed by atoms with Crippen LogP contribution in [-0.4, -0.2) is 22.5 Å². The predicted octanol–water partition coefficient (Wildman–Crippen LogP) is 3.87. The molecule has 2 unspecified atom stereocenters. The lowest BCUT2D eigenvalue weighted by molar-refractivity contribution is 0.533. The van der Waals surface area contributed by atoms with E-state index in [-0.39, 0.29) is 5.41 Å². The van der Waals surface area contributed by atoms with Crippen LogP contribution < -0.4 is 5.32 Å². The standard InChI is InChI=1S/C17H29NOS/c1-6-12-18-15(7-2)13-20(19)16-10-8-14(9-11-16)17(3,4)5/h8-11,15,18H,6-7,12-13H2,1-5H3. The Hall–Kier alpha value is -0.670. The maximum atomic E-state index is 12.4. The fourth-order valence-electron chi connectivity index (χ4n) is 2.06. The van der Waals surface area contributed by atoms with Crippen molar-refractivity contribution in [2.24, 2.45) is 0 Å². The summed E-state index contributed by atoms with van der Waals surface area (Å²) in [4.78, 5) is 0.940. The SMILES string of the molecule is CCCNC(CC)CS(=O)c1ccc(C(C)(C)C)cc1. The molecule has 0 aliphatic heterocycles. The first kappa shape index (κ1) is 17.4. The smallest absolute Gasteiger partial charge is 0.0545 e. The van der Waals surface area contributed by atoms with Gasteiger partial charge >= 0.3 is 0 Å². The summed E-state index contributed by atoms with van der Waals surface area (Å²) in [5, 5.41) is 3.46. The van der Waals surface area contributed by atoms with E-state index in [0.717, 1.165) is 24.3 Å². The molecular weight excluding hydrogens is 266 g/mol. The van der Waals surface area contributed by atoms with Gasteiger partial charge in [-0.2, -0.15) is 0 Å². The molecule has 114 valence electrons. The molecule has 0 aliphatic rings. The van der Waals surface area contributed by atoms with E-state index in [0.29, 0.717) is 11.8 Å². The molecule has 1 N–H and O–H groups in total. The number of hydrogen-bond acceptors (Lipinski definition) is 2. The van der Waals surface area contributed by atoms with Gasteiger partial charge in [0.2, 0.25) is 0 Å².